The van der Waals surface area contributed by atoms with Crippen LogP contribution in [0.2, 0.25) is 12.6 Å². The van der Waals surface area contributed by atoms with Gasteiger partial charge in [-0.3, -0.25) is 0 Å². The van der Waals surface area contributed by atoms with Crippen LogP contribution < -0.4 is 0 Å². The molecule has 0 saturated carbocycles. The molecule has 0 atom stereocenters. The highest BCUT2D eigenvalue weighted by Crippen LogP contribution is 2.38. The van der Waals surface area contributed by atoms with E-state index < -0.39 is 0 Å². The van der Waals surface area contributed by atoms with Gasteiger partial charge in [0, 0.05) is 12.6 Å². The first-order valence-corrected chi connectivity index (χ1v) is 8.89. The van der Waals surface area contributed by atoms with Gasteiger partial charge < -0.3 is 18.6 Å². The third kappa shape index (κ3) is 4.16. The molecule has 0 aromatic rings. The van der Waals surface area contributed by atoms with E-state index in [0.29, 0.717) is 0 Å². The molecular formula is C18H32B2O4. The topological polar surface area (TPSA) is 36.9 Å². The molecule has 0 spiro atoms. The highest BCUT2D eigenvalue weighted by molar-refractivity contribution is 6.46. The highest BCUT2D eigenvalue weighted by atomic mass is 16.7. The van der Waals surface area contributed by atoms with Gasteiger partial charge in [0.05, 0.1) is 22.4 Å². The SMILES string of the molecule is CC1(C)OB(C/C=C\C=C/CB2OC(C)(C)C(C)(C)O2)OC1(C)C. The van der Waals surface area contributed by atoms with E-state index in [1.807, 2.05) is 12.2 Å². The normalized spacial score (nSPS) is 27.7. The largest absolute Gasteiger partial charge is 0.461 e. The van der Waals surface area contributed by atoms with Gasteiger partial charge in [-0.1, -0.05) is 24.3 Å². The van der Waals surface area contributed by atoms with Gasteiger partial charge in [0.2, 0.25) is 0 Å². The lowest BCUT2D eigenvalue weighted by Crippen LogP contribution is -2.41. The predicted octanol–water partition coefficient (Wildman–Crippen LogP) is 4.28. The summed E-state index contributed by atoms with van der Waals surface area (Å²) in [5, 5.41) is 0. The van der Waals surface area contributed by atoms with Gasteiger partial charge >= 0.3 is 14.2 Å². The average Bonchev–Trinajstić information content (AvgIpc) is 2.72. The maximum absolute atomic E-state index is 5.96. The molecule has 0 N–H and O–H groups in total. The minimum atomic E-state index is -0.266. The van der Waals surface area contributed by atoms with E-state index in [1.165, 1.54) is 0 Å². The number of allylic oxidation sites excluding steroid dienone is 4. The fourth-order valence-electron chi connectivity index (χ4n) is 2.66. The van der Waals surface area contributed by atoms with Crippen LogP contribution in [0.3, 0.4) is 0 Å². The predicted molar refractivity (Wildman–Crippen MR) is 100 cm³/mol. The summed E-state index contributed by atoms with van der Waals surface area (Å²) >= 11 is 0. The second-order valence-electron chi connectivity index (χ2n) is 8.70. The summed E-state index contributed by atoms with van der Waals surface area (Å²) in [5.41, 5.74) is -1.06. The van der Waals surface area contributed by atoms with Crippen LogP contribution in [-0.2, 0) is 18.6 Å². The monoisotopic (exact) mass is 334 g/mol. The van der Waals surface area contributed by atoms with E-state index >= 15 is 0 Å². The Morgan fingerprint density at radius 1 is 0.542 bits per heavy atom. The van der Waals surface area contributed by atoms with Crippen LogP contribution in [0.25, 0.3) is 0 Å². The molecule has 0 bridgehead atoms. The zero-order valence-electron chi connectivity index (χ0n) is 16.5. The molecule has 0 radical (unpaired) electrons. The van der Waals surface area contributed by atoms with Crippen molar-refractivity contribution in [1.82, 2.24) is 0 Å². The van der Waals surface area contributed by atoms with Crippen molar-refractivity contribution < 1.29 is 18.6 Å². The minimum absolute atomic E-state index is 0.178. The van der Waals surface area contributed by atoms with Gasteiger partial charge in [-0.15, -0.1) is 0 Å². The summed E-state index contributed by atoms with van der Waals surface area (Å²) in [7, 11) is -0.356. The first-order chi connectivity index (χ1) is 10.9. The molecule has 0 unspecified atom stereocenters. The molecule has 2 aliphatic heterocycles. The van der Waals surface area contributed by atoms with Crippen LogP contribution in [-0.4, -0.2) is 36.6 Å². The van der Waals surface area contributed by atoms with Crippen LogP contribution >= 0.6 is 0 Å². The fraction of sp³-hybridized carbons (Fsp3) is 0.778. The van der Waals surface area contributed by atoms with E-state index in [-0.39, 0.29) is 36.6 Å². The van der Waals surface area contributed by atoms with Gasteiger partial charge in [0.25, 0.3) is 0 Å². The van der Waals surface area contributed by atoms with Gasteiger partial charge in [-0.05, 0) is 55.4 Å². The van der Waals surface area contributed by atoms with Crippen LogP contribution in [0.5, 0.6) is 0 Å². The van der Waals surface area contributed by atoms with Crippen molar-refractivity contribution in [3.05, 3.63) is 24.3 Å². The van der Waals surface area contributed by atoms with Crippen molar-refractivity contribution in [3.8, 4) is 0 Å². The number of hydrogen-bond acceptors (Lipinski definition) is 4. The first-order valence-electron chi connectivity index (χ1n) is 8.89. The molecule has 134 valence electrons. The van der Waals surface area contributed by atoms with Crippen LogP contribution in [0, 0.1) is 0 Å². The molecule has 2 saturated heterocycles. The summed E-state index contributed by atoms with van der Waals surface area (Å²) in [4.78, 5) is 0. The molecule has 2 rings (SSSR count). The smallest absolute Gasteiger partial charge is 0.403 e. The van der Waals surface area contributed by atoms with E-state index in [9.17, 15) is 0 Å². The lowest BCUT2D eigenvalue weighted by molar-refractivity contribution is 0.00578. The molecular weight excluding hydrogens is 302 g/mol. The number of hydrogen-bond donors (Lipinski definition) is 0. The van der Waals surface area contributed by atoms with Crippen molar-refractivity contribution in [2.24, 2.45) is 0 Å². The van der Waals surface area contributed by atoms with Crippen molar-refractivity contribution in [2.75, 3.05) is 0 Å². The molecule has 2 heterocycles. The van der Waals surface area contributed by atoms with Crippen molar-refractivity contribution in [1.29, 1.82) is 0 Å². The Kier molecular flexibility index (Phi) is 5.47. The average molecular weight is 334 g/mol. The quantitative estimate of drug-likeness (QED) is 0.555. The summed E-state index contributed by atoms with van der Waals surface area (Å²) in [6.07, 6.45) is 9.68. The van der Waals surface area contributed by atoms with Gasteiger partial charge in [-0.25, -0.2) is 0 Å². The maximum Gasteiger partial charge on any atom is 0.461 e. The van der Waals surface area contributed by atoms with E-state index in [4.69, 9.17) is 18.6 Å². The van der Waals surface area contributed by atoms with Gasteiger partial charge in [0.15, 0.2) is 0 Å². The van der Waals surface area contributed by atoms with Crippen LogP contribution in [0.1, 0.15) is 55.4 Å². The van der Waals surface area contributed by atoms with E-state index in [0.717, 1.165) is 12.6 Å². The maximum atomic E-state index is 5.96. The molecule has 0 amide bonds. The Morgan fingerprint density at radius 2 is 0.792 bits per heavy atom. The minimum Gasteiger partial charge on any atom is -0.403 e. The molecule has 24 heavy (non-hydrogen) atoms. The summed E-state index contributed by atoms with van der Waals surface area (Å²) < 4.78 is 23.8. The van der Waals surface area contributed by atoms with Crippen molar-refractivity contribution in [3.63, 3.8) is 0 Å². The summed E-state index contributed by atoms with van der Waals surface area (Å²) in [6, 6.07) is 0. The Bertz CT molecular complexity index is 431. The first kappa shape index (κ1) is 19.8. The molecule has 2 aliphatic rings. The number of rotatable bonds is 5. The third-order valence-corrected chi connectivity index (χ3v) is 5.64. The standard InChI is InChI=1S/C18H32B2O4/c1-15(2)16(3,4)22-19(21-15)13-11-9-10-12-14-20-23-17(5,6)18(7,8)24-20/h9-12H,13-14H2,1-8H3/b11-9-,12-10-. The molecule has 6 heteroatoms. The van der Waals surface area contributed by atoms with E-state index in [1.54, 1.807) is 0 Å². The Morgan fingerprint density at radius 3 is 1.04 bits per heavy atom. The van der Waals surface area contributed by atoms with Gasteiger partial charge in [0.1, 0.15) is 0 Å². The molecule has 0 aromatic heterocycles. The second-order valence-corrected chi connectivity index (χ2v) is 8.70. The van der Waals surface area contributed by atoms with Crippen LogP contribution in [0.15, 0.2) is 24.3 Å². The van der Waals surface area contributed by atoms with Crippen molar-refractivity contribution in [2.45, 2.75) is 90.4 Å². The molecule has 0 aromatic carbocycles. The summed E-state index contributed by atoms with van der Waals surface area (Å²) in [6.45, 7) is 16.6. The molecule has 2 fully saturated rings. The lowest BCUT2D eigenvalue weighted by Gasteiger charge is -2.32. The van der Waals surface area contributed by atoms with Crippen LogP contribution in [0.4, 0.5) is 0 Å². The zero-order chi connectivity index (χ0) is 18.2. The Hall–Kier alpha value is -0.550. The highest BCUT2D eigenvalue weighted by Gasteiger charge is 2.51. The fourth-order valence-corrected chi connectivity index (χ4v) is 2.66. The summed E-state index contributed by atoms with van der Waals surface area (Å²) in [5.74, 6) is 0. The second kappa shape index (κ2) is 6.64. The van der Waals surface area contributed by atoms with E-state index in [2.05, 4.69) is 67.5 Å². The Balaban J connectivity index is 1.73. The third-order valence-electron chi connectivity index (χ3n) is 5.64. The molecule has 4 nitrogen and oxygen atoms in total. The molecule has 0 aliphatic carbocycles. The lowest BCUT2D eigenvalue weighted by atomic mass is 9.84. The Labute approximate surface area is 148 Å². The van der Waals surface area contributed by atoms with Crippen molar-refractivity contribution >= 4 is 14.2 Å². The van der Waals surface area contributed by atoms with Gasteiger partial charge in [-0.2, -0.15) is 0 Å². The zero-order valence-corrected chi connectivity index (χ0v) is 16.5.